The number of benzene rings is 1. The molecular weight excluding hydrogens is 444 g/mol. The van der Waals surface area contributed by atoms with Crippen LogP contribution in [0.4, 0.5) is 20.3 Å². The summed E-state index contributed by atoms with van der Waals surface area (Å²) in [5, 5.41) is 2.87. The van der Waals surface area contributed by atoms with Gasteiger partial charge in [-0.2, -0.15) is 0 Å². The molecule has 1 saturated heterocycles. The molecule has 3 heterocycles. The number of amides is 1. The van der Waals surface area contributed by atoms with Crippen LogP contribution in [0.25, 0.3) is 0 Å². The first kappa shape index (κ1) is 23.3. The van der Waals surface area contributed by atoms with Gasteiger partial charge in [0.25, 0.3) is 5.91 Å². The van der Waals surface area contributed by atoms with Crippen molar-refractivity contribution in [3.05, 3.63) is 65.2 Å². The van der Waals surface area contributed by atoms with Crippen LogP contribution in [0, 0.1) is 25.5 Å². The molecule has 0 aliphatic carbocycles. The molecule has 1 N–H and O–H groups in total. The number of hydrogen-bond donors (Lipinski definition) is 1. The average Bonchev–Trinajstić information content (AvgIpc) is 2.82. The molecule has 3 aromatic rings. The van der Waals surface area contributed by atoms with Crippen LogP contribution in [0.15, 0.2) is 36.5 Å². The molecule has 2 aromatic heterocycles. The number of pyridine rings is 1. The van der Waals surface area contributed by atoms with Gasteiger partial charge in [-0.25, -0.2) is 23.7 Å². The highest BCUT2D eigenvalue weighted by Gasteiger charge is 2.25. The molecule has 178 valence electrons. The van der Waals surface area contributed by atoms with Crippen LogP contribution in [-0.2, 0) is 0 Å². The molecule has 10 heteroatoms. The maximum Gasteiger partial charge on any atom is 0.261 e. The third-order valence-electron chi connectivity index (χ3n) is 5.50. The van der Waals surface area contributed by atoms with Crippen molar-refractivity contribution in [2.75, 3.05) is 30.4 Å². The van der Waals surface area contributed by atoms with E-state index in [2.05, 4.69) is 20.3 Å². The van der Waals surface area contributed by atoms with Crippen LogP contribution in [-0.4, -0.2) is 47.2 Å². The van der Waals surface area contributed by atoms with E-state index in [9.17, 15) is 13.6 Å². The normalized spacial score (nSPS) is 14.1. The lowest BCUT2D eigenvalue weighted by atomic mass is 10.1. The Morgan fingerprint density at radius 3 is 2.59 bits per heavy atom. The Morgan fingerprint density at radius 1 is 1.12 bits per heavy atom. The number of aromatic nitrogens is 3. The van der Waals surface area contributed by atoms with Gasteiger partial charge in [0.1, 0.15) is 29.0 Å². The van der Waals surface area contributed by atoms with Crippen molar-refractivity contribution >= 4 is 17.4 Å². The number of carbonyl (C=O) groups excluding carboxylic acids is 1. The number of nitrogens with zero attached hydrogens (tertiary/aromatic N) is 4. The first-order valence-corrected chi connectivity index (χ1v) is 10.9. The third kappa shape index (κ3) is 5.22. The van der Waals surface area contributed by atoms with Crippen LogP contribution in [0.1, 0.15) is 34.7 Å². The second-order valence-corrected chi connectivity index (χ2v) is 8.00. The Hall–Kier alpha value is -3.82. The summed E-state index contributed by atoms with van der Waals surface area (Å²) in [4.78, 5) is 28.0. The molecule has 0 atom stereocenters. The van der Waals surface area contributed by atoms with Gasteiger partial charge < -0.3 is 19.7 Å². The average molecular weight is 469 g/mol. The minimum atomic E-state index is -0.722. The van der Waals surface area contributed by atoms with E-state index in [-0.39, 0.29) is 23.6 Å². The largest absolute Gasteiger partial charge is 0.487 e. The van der Waals surface area contributed by atoms with E-state index in [1.807, 2.05) is 11.8 Å². The number of hydrogen-bond acceptors (Lipinski definition) is 7. The highest BCUT2D eigenvalue weighted by atomic mass is 19.1. The Kier molecular flexibility index (Phi) is 6.85. The molecule has 8 nitrogen and oxygen atoms in total. The highest BCUT2D eigenvalue weighted by Crippen LogP contribution is 2.29. The molecule has 0 spiro atoms. The number of anilines is 2. The fourth-order valence-corrected chi connectivity index (χ4v) is 3.77. The van der Waals surface area contributed by atoms with Crippen molar-refractivity contribution < 1.29 is 23.0 Å². The predicted molar refractivity (Wildman–Crippen MR) is 122 cm³/mol. The summed E-state index contributed by atoms with van der Waals surface area (Å²) in [7, 11) is 1.46. The second-order valence-electron chi connectivity index (χ2n) is 8.00. The van der Waals surface area contributed by atoms with E-state index in [0.29, 0.717) is 48.8 Å². The van der Waals surface area contributed by atoms with E-state index in [1.165, 1.54) is 19.2 Å². The number of halogens is 2. The fraction of sp³-hybridized carbons (Fsp3) is 0.333. The maximum atomic E-state index is 13.9. The second kappa shape index (κ2) is 9.98. The van der Waals surface area contributed by atoms with Gasteiger partial charge >= 0.3 is 0 Å². The molecule has 1 amide bonds. The summed E-state index contributed by atoms with van der Waals surface area (Å²) in [6, 6.07) is 6.67. The van der Waals surface area contributed by atoms with Crippen molar-refractivity contribution in [1.82, 2.24) is 15.0 Å². The molecule has 0 saturated carbocycles. The molecule has 34 heavy (non-hydrogen) atoms. The minimum absolute atomic E-state index is 0.0336. The van der Waals surface area contributed by atoms with Crippen molar-refractivity contribution in [2.45, 2.75) is 32.8 Å². The smallest absolute Gasteiger partial charge is 0.261 e. The first-order valence-electron chi connectivity index (χ1n) is 10.9. The fourth-order valence-electron chi connectivity index (χ4n) is 3.77. The van der Waals surface area contributed by atoms with Crippen LogP contribution < -0.4 is 19.7 Å². The van der Waals surface area contributed by atoms with Crippen molar-refractivity contribution in [1.29, 1.82) is 0 Å². The number of nitrogens with one attached hydrogen (secondary N) is 1. The van der Waals surface area contributed by atoms with Gasteiger partial charge in [-0.1, -0.05) is 0 Å². The number of methoxy groups -OCH3 is 1. The number of piperidine rings is 1. The number of aryl methyl sites for hydroxylation is 2. The molecule has 1 aromatic carbocycles. The zero-order valence-electron chi connectivity index (χ0n) is 19.1. The summed E-state index contributed by atoms with van der Waals surface area (Å²) >= 11 is 0. The highest BCUT2D eigenvalue weighted by molar-refractivity contribution is 6.07. The van der Waals surface area contributed by atoms with Gasteiger partial charge in [0, 0.05) is 37.7 Å². The van der Waals surface area contributed by atoms with Gasteiger partial charge in [-0.05, 0) is 38.1 Å². The van der Waals surface area contributed by atoms with E-state index < -0.39 is 11.6 Å². The molecule has 4 rings (SSSR count). The predicted octanol–water partition coefficient (Wildman–Crippen LogP) is 4.08. The quantitative estimate of drug-likeness (QED) is 0.582. The molecule has 0 bridgehead atoms. The standard InChI is InChI=1S/C24H25F2N5O3/c1-14-4-6-18(24(28-14)33-3)23(32)30-20-13-27-15(2)29-22(20)31-10-8-17(9-11-31)34-21-7-5-16(25)12-19(21)26/h4-7,12-13,17H,8-11H2,1-3H3,(H,30,32). The topological polar surface area (TPSA) is 89.5 Å². The van der Waals surface area contributed by atoms with E-state index in [0.717, 1.165) is 11.8 Å². The molecule has 1 aliphatic rings. The summed E-state index contributed by atoms with van der Waals surface area (Å²) in [5.41, 5.74) is 1.49. The SMILES string of the molecule is COc1nc(C)ccc1C(=O)Nc1cnc(C)nc1N1CCC(Oc2ccc(F)cc2F)CC1. The lowest BCUT2D eigenvalue weighted by Crippen LogP contribution is -2.39. The summed E-state index contributed by atoms with van der Waals surface area (Å²) in [6.45, 7) is 4.73. The number of rotatable bonds is 6. The number of ether oxygens (including phenoxy) is 2. The Labute approximate surface area is 196 Å². The Balaban J connectivity index is 1.47. The number of carbonyl (C=O) groups is 1. The van der Waals surface area contributed by atoms with Gasteiger partial charge in [0.15, 0.2) is 17.4 Å². The Morgan fingerprint density at radius 2 is 1.88 bits per heavy atom. The lowest BCUT2D eigenvalue weighted by molar-refractivity contribution is 0.102. The zero-order valence-corrected chi connectivity index (χ0v) is 19.1. The Bertz CT molecular complexity index is 1200. The molecule has 1 fully saturated rings. The van der Waals surface area contributed by atoms with E-state index >= 15 is 0 Å². The molecule has 0 unspecified atom stereocenters. The van der Waals surface area contributed by atoms with Crippen LogP contribution in [0.2, 0.25) is 0 Å². The molecule has 0 radical (unpaired) electrons. The molecule has 1 aliphatic heterocycles. The van der Waals surface area contributed by atoms with Gasteiger partial charge in [-0.15, -0.1) is 0 Å². The summed E-state index contributed by atoms with van der Waals surface area (Å²) < 4.78 is 38.1. The first-order chi connectivity index (χ1) is 16.3. The third-order valence-corrected chi connectivity index (χ3v) is 5.50. The summed E-state index contributed by atoms with van der Waals surface area (Å²) in [6.07, 6.45) is 2.55. The van der Waals surface area contributed by atoms with Crippen molar-refractivity contribution in [3.63, 3.8) is 0 Å². The van der Waals surface area contributed by atoms with Gasteiger partial charge in [-0.3, -0.25) is 4.79 Å². The van der Waals surface area contributed by atoms with Crippen LogP contribution in [0.3, 0.4) is 0 Å². The van der Waals surface area contributed by atoms with Crippen molar-refractivity contribution in [2.24, 2.45) is 0 Å². The lowest BCUT2D eigenvalue weighted by Gasteiger charge is -2.34. The maximum absolute atomic E-state index is 13.9. The van der Waals surface area contributed by atoms with Crippen LogP contribution in [0.5, 0.6) is 11.6 Å². The van der Waals surface area contributed by atoms with Gasteiger partial charge in [0.2, 0.25) is 5.88 Å². The zero-order chi connectivity index (χ0) is 24.2. The van der Waals surface area contributed by atoms with Crippen LogP contribution >= 0.6 is 0 Å². The van der Waals surface area contributed by atoms with Crippen molar-refractivity contribution in [3.8, 4) is 11.6 Å². The summed E-state index contributed by atoms with van der Waals surface area (Å²) in [5.74, 6) is -0.333. The minimum Gasteiger partial charge on any atom is -0.487 e. The van der Waals surface area contributed by atoms with Gasteiger partial charge in [0.05, 0.1) is 13.3 Å². The van der Waals surface area contributed by atoms with E-state index in [4.69, 9.17) is 9.47 Å². The molecular formula is C24H25F2N5O3. The monoisotopic (exact) mass is 469 g/mol. The van der Waals surface area contributed by atoms with E-state index in [1.54, 1.807) is 25.3 Å².